The molecule has 0 N–H and O–H groups in total. The first-order valence-corrected chi connectivity index (χ1v) is 11.4. The average Bonchev–Trinajstić information content (AvgIpc) is 3.44. The van der Waals surface area contributed by atoms with Crippen LogP contribution < -0.4 is 14.8 Å². The highest BCUT2D eigenvalue weighted by atomic mass is 35.5. The smallest absolute Gasteiger partial charge is 0.273 e. The van der Waals surface area contributed by atoms with E-state index in [1.807, 2.05) is 0 Å². The van der Waals surface area contributed by atoms with E-state index in [0.29, 0.717) is 38.8 Å². The first kappa shape index (κ1) is 22.1. The number of halogens is 1. The lowest BCUT2D eigenvalue weighted by atomic mass is 10.2. The van der Waals surface area contributed by atoms with E-state index in [0.717, 1.165) is 31.0 Å². The Bertz CT molecular complexity index is 1330. The number of nitrogens with zero attached hydrogens (tertiary/aromatic N) is 4. The van der Waals surface area contributed by atoms with E-state index < -0.39 is 0 Å². The SMILES string of the molecule is CCN1CCN(C(=O)C(C#N)=c2sc(=Cc3ccco3)c(=O)n2-c2ccc(Cl)cc2)CC1. The molecule has 0 bridgehead atoms. The van der Waals surface area contributed by atoms with E-state index in [1.165, 1.54) is 10.8 Å². The highest BCUT2D eigenvalue weighted by Gasteiger charge is 2.25. The fourth-order valence-corrected chi connectivity index (χ4v) is 4.79. The van der Waals surface area contributed by atoms with Crippen molar-refractivity contribution in [1.82, 2.24) is 14.4 Å². The third kappa shape index (κ3) is 4.41. The molecule has 1 aliphatic rings. The van der Waals surface area contributed by atoms with E-state index in [1.54, 1.807) is 47.4 Å². The molecular formula is C23H21ClN4O3S. The first-order valence-electron chi connectivity index (χ1n) is 10.2. The molecular weight excluding hydrogens is 448 g/mol. The van der Waals surface area contributed by atoms with Crippen molar-refractivity contribution in [1.29, 1.82) is 5.26 Å². The molecule has 0 spiro atoms. The molecule has 9 heteroatoms. The number of hydrogen-bond acceptors (Lipinski definition) is 6. The van der Waals surface area contributed by atoms with Gasteiger partial charge in [-0.3, -0.25) is 14.2 Å². The van der Waals surface area contributed by atoms with Gasteiger partial charge in [0.05, 0.1) is 16.5 Å². The van der Waals surface area contributed by atoms with Gasteiger partial charge in [-0.05, 0) is 42.9 Å². The average molecular weight is 469 g/mol. The number of piperazine rings is 1. The standard InChI is InChI=1S/C23H21ClN4O3S/c1-2-26-9-11-27(12-10-26)21(29)19(15-25)23-28(17-7-5-16(24)6-8-17)22(30)20(32-23)14-18-4-3-13-31-18/h3-8,13-14H,2,9-12H2,1H3. The molecule has 7 nitrogen and oxygen atoms in total. The number of aromatic nitrogens is 1. The van der Waals surface area contributed by atoms with E-state index in [2.05, 4.69) is 17.9 Å². The Morgan fingerprint density at radius 2 is 1.94 bits per heavy atom. The monoisotopic (exact) mass is 468 g/mol. The second-order valence-corrected chi connectivity index (χ2v) is 8.73. The summed E-state index contributed by atoms with van der Waals surface area (Å²) in [6.45, 7) is 5.60. The summed E-state index contributed by atoms with van der Waals surface area (Å²) in [7, 11) is 0. The molecule has 1 fully saturated rings. The van der Waals surface area contributed by atoms with Gasteiger partial charge in [-0.15, -0.1) is 11.3 Å². The minimum absolute atomic E-state index is 0.0499. The van der Waals surface area contributed by atoms with Gasteiger partial charge < -0.3 is 14.2 Å². The summed E-state index contributed by atoms with van der Waals surface area (Å²) in [5.41, 5.74) is 0.146. The van der Waals surface area contributed by atoms with Gasteiger partial charge in [0.15, 0.2) is 5.57 Å². The Morgan fingerprint density at radius 1 is 1.22 bits per heavy atom. The number of furan rings is 1. The zero-order valence-corrected chi connectivity index (χ0v) is 19.0. The van der Waals surface area contributed by atoms with Gasteiger partial charge in [-0.2, -0.15) is 5.26 Å². The van der Waals surface area contributed by atoms with Crippen LogP contribution in [0.25, 0.3) is 17.3 Å². The van der Waals surface area contributed by atoms with Crippen LogP contribution in [0.1, 0.15) is 12.7 Å². The number of carbonyl (C=O) groups excluding carboxylic acids is 1. The van der Waals surface area contributed by atoms with Crippen molar-refractivity contribution in [3.8, 4) is 11.8 Å². The Labute approximate surface area is 193 Å². The molecule has 1 aliphatic heterocycles. The summed E-state index contributed by atoms with van der Waals surface area (Å²) in [6, 6.07) is 12.2. The van der Waals surface area contributed by atoms with Crippen LogP contribution in [0.5, 0.6) is 0 Å². The van der Waals surface area contributed by atoms with Crippen LogP contribution in [0.15, 0.2) is 51.9 Å². The molecule has 3 heterocycles. The molecule has 32 heavy (non-hydrogen) atoms. The van der Waals surface area contributed by atoms with E-state index in [-0.39, 0.29) is 17.0 Å². The second kappa shape index (κ2) is 9.57. The highest BCUT2D eigenvalue weighted by molar-refractivity contribution is 7.07. The Balaban J connectivity index is 1.90. The van der Waals surface area contributed by atoms with Crippen LogP contribution in [0.2, 0.25) is 5.02 Å². The summed E-state index contributed by atoms with van der Waals surface area (Å²) < 4.78 is 7.40. The fourth-order valence-electron chi connectivity index (χ4n) is 3.59. The van der Waals surface area contributed by atoms with Gasteiger partial charge >= 0.3 is 0 Å². The molecule has 4 rings (SSSR count). The quantitative estimate of drug-likeness (QED) is 0.583. The van der Waals surface area contributed by atoms with Crippen molar-refractivity contribution < 1.29 is 9.21 Å². The maximum absolute atomic E-state index is 13.3. The summed E-state index contributed by atoms with van der Waals surface area (Å²) in [5.74, 6) is 0.149. The molecule has 0 atom stereocenters. The lowest BCUT2D eigenvalue weighted by molar-refractivity contribution is -0.126. The van der Waals surface area contributed by atoms with Crippen molar-refractivity contribution >= 4 is 40.5 Å². The zero-order valence-electron chi connectivity index (χ0n) is 17.5. The Hall–Kier alpha value is -3.12. The minimum atomic E-state index is -0.364. The molecule has 0 radical (unpaired) electrons. The number of likely N-dealkylation sites (N-methyl/N-ethyl adjacent to an activating group) is 1. The number of thiazole rings is 1. The largest absolute Gasteiger partial charge is 0.465 e. The van der Waals surface area contributed by atoms with Crippen LogP contribution in [0, 0.1) is 11.3 Å². The lowest BCUT2D eigenvalue weighted by Gasteiger charge is -2.33. The van der Waals surface area contributed by atoms with E-state index in [9.17, 15) is 14.9 Å². The third-order valence-corrected chi connectivity index (χ3v) is 6.72. The topological polar surface area (TPSA) is 82.5 Å². The Kier molecular flexibility index (Phi) is 6.61. The number of nitriles is 1. The second-order valence-electron chi connectivity index (χ2n) is 7.26. The van der Waals surface area contributed by atoms with Crippen LogP contribution in [0.4, 0.5) is 0 Å². The van der Waals surface area contributed by atoms with Gasteiger partial charge in [0, 0.05) is 37.3 Å². The molecule has 0 aliphatic carbocycles. The summed E-state index contributed by atoms with van der Waals surface area (Å²) in [4.78, 5) is 30.5. The number of amides is 1. The molecule has 1 saturated heterocycles. The van der Waals surface area contributed by atoms with Crippen molar-refractivity contribution in [2.75, 3.05) is 32.7 Å². The number of hydrogen-bond donors (Lipinski definition) is 0. The van der Waals surface area contributed by atoms with Gasteiger partial charge in [-0.25, -0.2) is 0 Å². The first-order chi connectivity index (χ1) is 15.5. The number of benzene rings is 1. The molecule has 1 aromatic carbocycles. The van der Waals surface area contributed by atoms with Crippen LogP contribution in [-0.2, 0) is 4.79 Å². The fraction of sp³-hybridized carbons (Fsp3) is 0.261. The number of rotatable bonds is 4. The van der Waals surface area contributed by atoms with Crippen LogP contribution in [0.3, 0.4) is 0 Å². The normalized spacial score (nSPS) is 16.2. The van der Waals surface area contributed by atoms with E-state index >= 15 is 0 Å². The van der Waals surface area contributed by atoms with Gasteiger partial charge in [0.1, 0.15) is 16.5 Å². The lowest BCUT2D eigenvalue weighted by Crippen LogP contribution is -2.49. The summed E-state index contributed by atoms with van der Waals surface area (Å²) >= 11 is 7.12. The van der Waals surface area contributed by atoms with Crippen LogP contribution in [-0.4, -0.2) is 53.0 Å². The minimum Gasteiger partial charge on any atom is -0.465 e. The zero-order chi connectivity index (χ0) is 22.7. The summed E-state index contributed by atoms with van der Waals surface area (Å²) in [6.07, 6.45) is 3.13. The van der Waals surface area contributed by atoms with Gasteiger partial charge in [0.2, 0.25) is 0 Å². The molecule has 1 amide bonds. The van der Waals surface area contributed by atoms with Gasteiger partial charge in [-0.1, -0.05) is 18.5 Å². The maximum atomic E-state index is 13.3. The van der Waals surface area contributed by atoms with Gasteiger partial charge in [0.25, 0.3) is 11.5 Å². The van der Waals surface area contributed by atoms with Crippen LogP contribution >= 0.6 is 22.9 Å². The predicted molar refractivity (Wildman–Crippen MR) is 124 cm³/mol. The van der Waals surface area contributed by atoms with Crippen molar-refractivity contribution in [2.45, 2.75) is 6.92 Å². The molecule has 0 unspecified atom stereocenters. The highest BCUT2D eigenvalue weighted by Crippen LogP contribution is 2.12. The predicted octanol–water partition coefficient (Wildman–Crippen LogP) is 1.81. The molecule has 164 valence electrons. The van der Waals surface area contributed by atoms with E-state index in [4.69, 9.17) is 16.0 Å². The summed E-state index contributed by atoms with van der Waals surface area (Å²) in [5, 5.41) is 10.5. The molecule has 3 aromatic rings. The van der Waals surface area contributed by atoms with Crippen molar-refractivity contribution in [3.05, 3.63) is 73.0 Å². The molecule has 2 aromatic heterocycles. The van der Waals surface area contributed by atoms with Crippen molar-refractivity contribution in [2.24, 2.45) is 0 Å². The van der Waals surface area contributed by atoms with Crippen molar-refractivity contribution in [3.63, 3.8) is 0 Å². The number of carbonyl (C=O) groups is 1. The third-order valence-electron chi connectivity index (χ3n) is 5.37. The Morgan fingerprint density at radius 3 is 2.53 bits per heavy atom. The molecule has 0 saturated carbocycles. The maximum Gasteiger partial charge on any atom is 0.273 e.